The Morgan fingerprint density at radius 3 is 2.55 bits per heavy atom. The smallest absolute Gasteiger partial charge is 0.231 e. The first-order valence-electron chi connectivity index (χ1n) is 7.91. The van der Waals surface area contributed by atoms with Gasteiger partial charge in [-0.3, -0.25) is 0 Å². The molecule has 0 amide bonds. The van der Waals surface area contributed by atoms with Crippen molar-refractivity contribution in [3.8, 4) is 17.2 Å². The van der Waals surface area contributed by atoms with Crippen molar-refractivity contribution in [2.45, 2.75) is 32.6 Å². The van der Waals surface area contributed by atoms with Crippen LogP contribution in [0.4, 0.5) is 0 Å². The fraction of sp³-hybridized carbons (Fsp3) is 0.368. The minimum Gasteiger partial charge on any atom is -0.493 e. The van der Waals surface area contributed by atoms with Gasteiger partial charge in [0.1, 0.15) is 5.75 Å². The number of ether oxygens (including phenoxy) is 3. The zero-order valence-electron chi connectivity index (χ0n) is 13.2. The maximum atomic E-state index is 6.01. The zero-order valence-corrected chi connectivity index (χ0v) is 13.2. The van der Waals surface area contributed by atoms with Gasteiger partial charge in [0.2, 0.25) is 6.79 Å². The van der Waals surface area contributed by atoms with Crippen molar-refractivity contribution in [2.24, 2.45) is 0 Å². The molecule has 0 N–H and O–H groups in total. The molecule has 0 aromatic heterocycles. The molecule has 1 aliphatic heterocycles. The Morgan fingerprint density at radius 2 is 1.82 bits per heavy atom. The van der Waals surface area contributed by atoms with Gasteiger partial charge < -0.3 is 14.2 Å². The standard InChI is InChI=1S/C19H22O3/c1-3-4-10-20-17-12-19-18(21-13-22-19)11-16(17)14(2)15-8-6-5-7-9-15/h5-9,11-12,14H,3-4,10,13H2,1-2H3. The Labute approximate surface area is 131 Å². The second kappa shape index (κ2) is 6.73. The van der Waals surface area contributed by atoms with Gasteiger partial charge in [-0.1, -0.05) is 50.6 Å². The van der Waals surface area contributed by atoms with E-state index in [0.717, 1.165) is 42.3 Å². The molecule has 1 aliphatic rings. The third-order valence-corrected chi connectivity index (χ3v) is 4.03. The predicted octanol–water partition coefficient (Wildman–Crippen LogP) is 4.75. The first-order valence-corrected chi connectivity index (χ1v) is 7.91. The van der Waals surface area contributed by atoms with Crippen LogP contribution in [0.5, 0.6) is 17.2 Å². The number of unbranched alkanes of at least 4 members (excludes halogenated alkanes) is 1. The highest BCUT2D eigenvalue weighted by molar-refractivity contribution is 5.54. The van der Waals surface area contributed by atoms with E-state index in [0.29, 0.717) is 0 Å². The molecule has 3 nitrogen and oxygen atoms in total. The number of benzene rings is 2. The van der Waals surface area contributed by atoms with E-state index in [4.69, 9.17) is 14.2 Å². The summed E-state index contributed by atoms with van der Waals surface area (Å²) in [5, 5.41) is 0. The summed E-state index contributed by atoms with van der Waals surface area (Å²) in [5.41, 5.74) is 2.41. The van der Waals surface area contributed by atoms with Gasteiger partial charge in [0, 0.05) is 17.5 Å². The SMILES string of the molecule is CCCCOc1cc2c(cc1C(C)c1ccccc1)OCO2. The molecule has 0 fully saturated rings. The van der Waals surface area contributed by atoms with E-state index in [2.05, 4.69) is 44.2 Å². The lowest BCUT2D eigenvalue weighted by Crippen LogP contribution is -2.03. The summed E-state index contributed by atoms with van der Waals surface area (Å²) in [4.78, 5) is 0. The van der Waals surface area contributed by atoms with E-state index in [1.54, 1.807) is 0 Å². The Bertz CT molecular complexity index is 622. The zero-order chi connectivity index (χ0) is 15.4. The lowest BCUT2D eigenvalue weighted by atomic mass is 9.92. The van der Waals surface area contributed by atoms with E-state index < -0.39 is 0 Å². The molecule has 0 bridgehead atoms. The summed E-state index contributed by atoms with van der Waals surface area (Å²) >= 11 is 0. The van der Waals surface area contributed by atoms with Crippen LogP contribution in [-0.4, -0.2) is 13.4 Å². The van der Waals surface area contributed by atoms with Crippen molar-refractivity contribution in [3.05, 3.63) is 53.6 Å². The second-order valence-electron chi connectivity index (χ2n) is 5.58. The van der Waals surface area contributed by atoms with Crippen LogP contribution in [-0.2, 0) is 0 Å². The van der Waals surface area contributed by atoms with Gasteiger partial charge in [0.15, 0.2) is 11.5 Å². The largest absolute Gasteiger partial charge is 0.493 e. The third-order valence-electron chi connectivity index (χ3n) is 4.03. The second-order valence-corrected chi connectivity index (χ2v) is 5.58. The van der Waals surface area contributed by atoms with Crippen molar-refractivity contribution in [2.75, 3.05) is 13.4 Å². The molecular formula is C19H22O3. The molecular weight excluding hydrogens is 276 g/mol. The summed E-state index contributed by atoms with van der Waals surface area (Å²) in [7, 11) is 0. The average Bonchev–Trinajstić information content (AvgIpc) is 3.02. The Hall–Kier alpha value is -2.16. The highest BCUT2D eigenvalue weighted by Gasteiger charge is 2.21. The molecule has 0 saturated carbocycles. The first-order chi connectivity index (χ1) is 10.8. The highest BCUT2D eigenvalue weighted by atomic mass is 16.7. The van der Waals surface area contributed by atoms with E-state index in [1.165, 1.54) is 5.56 Å². The normalized spacial score (nSPS) is 13.9. The van der Waals surface area contributed by atoms with Gasteiger partial charge in [0.25, 0.3) is 0 Å². The molecule has 1 unspecified atom stereocenters. The van der Waals surface area contributed by atoms with E-state index >= 15 is 0 Å². The number of hydrogen-bond acceptors (Lipinski definition) is 3. The maximum Gasteiger partial charge on any atom is 0.231 e. The Kier molecular flexibility index (Phi) is 4.52. The molecule has 0 radical (unpaired) electrons. The molecule has 0 spiro atoms. The summed E-state index contributed by atoms with van der Waals surface area (Å²) < 4.78 is 17.0. The van der Waals surface area contributed by atoms with Crippen molar-refractivity contribution >= 4 is 0 Å². The molecule has 0 saturated heterocycles. The van der Waals surface area contributed by atoms with Gasteiger partial charge in [-0.15, -0.1) is 0 Å². The van der Waals surface area contributed by atoms with Crippen molar-refractivity contribution in [3.63, 3.8) is 0 Å². The fourth-order valence-electron chi connectivity index (χ4n) is 2.65. The van der Waals surface area contributed by atoms with Crippen LogP contribution in [0.2, 0.25) is 0 Å². The first kappa shape index (κ1) is 14.8. The summed E-state index contributed by atoms with van der Waals surface area (Å²) in [5.74, 6) is 2.72. The van der Waals surface area contributed by atoms with Crippen LogP contribution in [0.1, 0.15) is 43.7 Å². The average molecular weight is 298 g/mol. The van der Waals surface area contributed by atoms with Crippen LogP contribution in [0.3, 0.4) is 0 Å². The molecule has 2 aromatic carbocycles. The fourth-order valence-corrected chi connectivity index (χ4v) is 2.65. The molecule has 116 valence electrons. The highest BCUT2D eigenvalue weighted by Crippen LogP contribution is 2.42. The third kappa shape index (κ3) is 3.03. The maximum absolute atomic E-state index is 6.01. The molecule has 1 heterocycles. The monoisotopic (exact) mass is 298 g/mol. The molecule has 22 heavy (non-hydrogen) atoms. The van der Waals surface area contributed by atoms with Gasteiger partial charge >= 0.3 is 0 Å². The number of fused-ring (bicyclic) bond motifs is 1. The van der Waals surface area contributed by atoms with Crippen LogP contribution in [0, 0.1) is 0 Å². The van der Waals surface area contributed by atoms with Crippen LogP contribution in [0.25, 0.3) is 0 Å². The predicted molar refractivity (Wildman–Crippen MR) is 86.9 cm³/mol. The van der Waals surface area contributed by atoms with Gasteiger partial charge in [0.05, 0.1) is 6.61 Å². The quantitative estimate of drug-likeness (QED) is 0.721. The molecule has 3 rings (SSSR count). The van der Waals surface area contributed by atoms with Gasteiger partial charge in [-0.2, -0.15) is 0 Å². The molecule has 0 aliphatic carbocycles. The topological polar surface area (TPSA) is 27.7 Å². The number of rotatable bonds is 6. The van der Waals surface area contributed by atoms with Crippen molar-refractivity contribution < 1.29 is 14.2 Å². The van der Waals surface area contributed by atoms with Crippen molar-refractivity contribution in [1.82, 2.24) is 0 Å². The minimum atomic E-state index is 0.243. The van der Waals surface area contributed by atoms with Crippen LogP contribution >= 0.6 is 0 Å². The summed E-state index contributed by atoms with van der Waals surface area (Å²) in [6.07, 6.45) is 2.17. The number of hydrogen-bond donors (Lipinski definition) is 0. The molecule has 1 atom stereocenters. The lowest BCUT2D eigenvalue weighted by Gasteiger charge is -2.18. The van der Waals surface area contributed by atoms with Crippen LogP contribution in [0.15, 0.2) is 42.5 Å². The van der Waals surface area contributed by atoms with Crippen molar-refractivity contribution in [1.29, 1.82) is 0 Å². The minimum absolute atomic E-state index is 0.243. The Morgan fingerprint density at radius 1 is 1.09 bits per heavy atom. The van der Waals surface area contributed by atoms with E-state index in [9.17, 15) is 0 Å². The summed E-state index contributed by atoms with van der Waals surface area (Å²) in [6, 6.07) is 14.5. The van der Waals surface area contributed by atoms with Gasteiger partial charge in [-0.05, 0) is 18.1 Å². The lowest BCUT2D eigenvalue weighted by molar-refractivity contribution is 0.173. The Balaban J connectivity index is 1.93. The van der Waals surface area contributed by atoms with E-state index in [1.807, 2.05) is 12.1 Å². The molecule has 2 aromatic rings. The van der Waals surface area contributed by atoms with E-state index in [-0.39, 0.29) is 12.7 Å². The molecule has 3 heteroatoms. The van der Waals surface area contributed by atoms with Gasteiger partial charge in [-0.25, -0.2) is 0 Å². The summed E-state index contributed by atoms with van der Waals surface area (Å²) in [6.45, 7) is 5.37. The van der Waals surface area contributed by atoms with Crippen LogP contribution < -0.4 is 14.2 Å².